The number of nitrogens with two attached hydrogens (primary N) is 1. The first kappa shape index (κ1) is 12.3. The zero-order valence-electron chi connectivity index (χ0n) is 9.50. The lowest BCUT2D eigenvalue weighted by Gasteiger charge is -2.34. The Morgan fingerprint density at radius 3 is 3.00 bits per heavy atom. The number of nitrogens with zero attached hydrogens (tertiary/aromatic N) is 1. The van der Waals surface area contributed by atoms with Gasteiger partial charge in [-0.2, -0.15) is 0 Å². The van der Waals surface area contributed by atoms with E-state index in [0.717, 1.165) is 17.8 Å². The highest BCUT2D eigenvalue weighted by Crippen LogP contribution is 2.22. The van der Waals surface area contributed by atoms with Crippen molar-refractivity contribution in [2.75, 3.05) is 31.2 Å². The highest BCUT2D eigenvalue weighted by Gasteiger charge is 2.21. The summed E-state index contributed by atoms with van der Waals surface area (Å²) in [6.07, 6.45) is -0.136. The summed E-state index contributed by atoms with van der Waals surface area (Å²) < 4.78 is 5.42. The Morgan fingerprint density at radius 1 is 1.53 bits per heavy atom. The molecule has 1 aromatic rings. The van der Waals surface area contributed by atoms with Gasteiger partial charge in [0.2, 0.25) is 0 Å². The van der Waals surface area contributed by atoms with E-state index in [9.17, 15) is 0 Å². The normalized spacial score (nSPS) is 20.3. The third-order valence-electron chi connectivity index (χ3n) is 2.85. The molecule has 1 saturated heterocycles. The number of benzene rings is 1. The van der Waals surface area contributed by atoms with Gasteiger partial charge in [0.05, 0.1) is 19.3 Å². The van der Waals surface area contributed by atoms with Crippen LogP contribution in [0.4, 0.5) is 5.69 Å². The average molecular weight is 252 g/mol. The van der Waals surface area contributed by atoms with Crippen molar-refractivity contribution in [1.29, 1.82) is 0 Å². The van der Waals surface area contributed by atoms with Crippen LogP contribution in [0, 0.1) is 0 Å². The van der Waals surface area contributed by atoms with Crippen LogP contribution in [-0.4, -0.2) is 42.5 Å². The van der Waals surface area contributed by atoms with E-state index in [2.05, 4.69) is 4.90 Å². The molecule has 2 rings (SSSR count). The first-order chi connectivity index (χ1) is 8.22. The van der Waals surface area contributed by atoms with Crippen molar-refractivity contribution >= 4 is 22.9 Å². The number of rotatable bonds is 3. The molecule has 3 N–H and O–H groups in total. The number of aliphatic hydroxyl groups excluding tert-OH is 1. The molecule has 0 spiro atoms. The summed E-state index contributed by atoms with van der Waals surface area (Å²) in [5, 5.41) is 9.13. The van der Waals surface area contributed by atoms with Crippen LogP contribution in [0.15, 0.2) is 24.3 Å². The Kier molecular flexibility index (Phi) is 3.93. The minimum Gasteiger partial charge on any atom is -0.394 e. The summed E-state index contributed by atoms with van der Waals surface area (Å²) in [7, 11) is 0. The molecule has 17 heavy (non-hydrogen) atoms. The maximum absolute atomic E-state index is 9.13. The van der Waals surface area contributed by atoms with Gasteiger partial charge >= 0.3 is 0 Å². The second-order valence-corrected chi connectivity index (χ2v) is 4.44. The standard InChI is InChI=1S/C12H16N2O2S/c13-12(17)10-3-1-2-4-11(10)14-5-6-16-9(7-14)8-15/h1-4,9,15H,5-8H2,(H2,13,17). The van der Waals surface area contributed by atoms with Crippen molar-refractivity contribution in [1.82, 2.24) is 0 Å². The van der Waals surface area contributed by atoms with E-state index in [-0.39, 0.29) is 12.7 Å². The minimum atomic E-state index is -0.136. The molecule has 1 aliphatic rings. The number of morpholine rings is 1. The van der Waals surface area contributed by atoms with Gasteiger partial charge in [0.1, 0.15) is 4.99 Å². The third kappa shape index (κ3) is 2.74. The van der Waals surface area contributed by atoms with E-state index in [0.29, 0.717) is 18.1 Å². The fourth-order valence-corrected chi connectivity index (χ4v) is 2.18. The number of thiocarbonyl (C=S) groups is 1. The Labute approximate surface area is 106 Å². The van der Waals surface area contributed by atoms with Gasteiger partial charge in [-0.1, -0.05) is 24.4 Å². The summed E-state index contributed by atoms with van der Waals surface area (Å²) in [6, 6.07) is 7.79. The second-order valence-electron chi connectivity index (χ2n) is 4.00. The lowest BCUT2D eigenvalue weighted by molar-refractivity contribution is 0.00356. The molecule has 4 nitrogen and oxygen atoms in total. The number of hydrogen-bond donors (Lipinski definition) is 2. The molecule has 0 radical (unpaired) electrons. The maximum Gasteiger partial charge on any atom is 0.106 e. The van der Waals surface area contributed by atoms with Crippen LogP contribution in [0.2, 0.25) is 0 Å². The molecule has 0 saturated carbocycles. The SMILES string of the molecule is NC(=S)c1ccccc1N1CCOC(CO)C1. The molecular formula is C12H16N2O2S. The predicted octanol–water partition coefficient (Wildman–Crippen LogP) is 0.518. The van der Waals surface area contributed by atoms with Crippen molar-refractivity contribution in [3.8, 4) is 0 Å². The summed E-state index contributed by atoms with van der Waals surface area (Å²) in [6.45, 7) is 2.09. The third-order valence-corrected chi connectivity index (χ3v) is 3.07. The Hall–Kier alpha value is -1.17. The molecule has 0 amide bonds. The van der Waals surface area contributed by atoms with Gasteiger partial charge in [-0.25, -0.2) is 0 Å². The van der Waals surface area contributed by atoms with E-state index >= 15 is 0 Å². The van der Waals surface area contributed by atoms with Gasteiger partial charge in [-0.15, -0.1) is 0 Å². The molecule has 1 unspecified atom stereocenters. The minimum absolute atomic E-state index is 0.0335. The van der Waals surface area contributed by atoms with Crippen molar-refractivity contribution in [3.63, 3.8) is 0 Å². The Bertz CT molecular complexity index is 411. The smallest absolute Gasteiger partial charge is 0.106 e. The van der Waals surface area contributed by atoms with Crippen LogP contribution in [0.3, 0.4) is 0 Å². The molecule has 1 heterocycles. The summed E-state index contributed by atoms with van der Waals surface area (Å²) in [5.74, 6) is 0. The number of ether oxygens (including phenoxy) is 1. The number of anilines is 1. The van der Waals surface area contributed by atoms with Crippen molar-refractivity contribution in [2.24, 2.45) is 5.73 Å². The van der Waals surface area contributed by atoms with Crippen LogP contribution >= 0.6 is 12.2 Å². The van der Waals surface area contributed by atoms with Crippen LogP contribution in [0.1, 0.15) is 5.56 Å². The Balaban J connectivity index is 2.24. The van der Waals surface area contributed by atoms with Gasteiger partial charge in [0, 0.05) is 24.3 Å². The molecule has 0 aromatic heterocycles. The summed E-state index contributed by atoms with van der Waals surface area (Å²) in [5.41, 5.74) is 7.60. The summed E-state index contributed by atoms with van der Waals surface area (Å²) in [4.78, 5) is 2.55. The van der Waals surface area contributed by atoms with Gasteiger partial charge in [0.15, 0.2) is 0 Å². The van der Waals surface area contributed by atoms with Crippen LogP contribution < -0.4 is 10.6 Å². The highest BCUT2D eigenvalue weighted by molar-refractivity contribution is 7.80. The van der Waals surface area contributed by atoms with Crippen LogP contribution in [-0.2, 0) is 4.74 Å². The highest BCUT2D eigenvalue weighted by atomic mass is 32.1. The van der Waals surface area contributed by atoms with Crippen molar-refractivity contribution in [3.05, 3.63) is 29.8 Å². The van der Waals surface area contributed by atoms with E-state index in [1.165, 1.54) is 0 Å². The fourth-order valence-electron chi connectivity index (χ4n) is 2.01. The van der Waals surface area contributed by atoms with Gasteiger partial charge in [0.25, 0.3) is 0 Å². The zero-order valence-corrected chi connectivity index (χ0v) is 10.3. The first-order valence-corrected chi connectivity index (χ1v) is 5.99. The average Bonchev–Trinajstić information content (AvgIpc) is 2.39. The van der Waals surface area contributed by atoms with Crippen molar-refractivity contribution < 1.29 is 9.84 Å². The van der Waals surface area contributed by atoms with E-state index in [4.69, 9.17) is 27.8 Å². The van der Waals surface area contributed by atoms with E-state index in [1.54, 1.807) is 0 Å². The van der Waals surface area contributed by atoms with Crippen LogP contribution in [0.5, 0.6) is 0 Å². The van der Waals surface area contributed by atoms with E-state index < -0.39 is 0 Å². The molecule has 1 fully saturated rings. The molecule has 92 valence electrons. The lowest BCUT2D eigenvalue weighted by atomic mass is 10.1. The molecule has 1 aromatic carbocycles. The first-order valence-electron chi connectivity index (χ1n) is 5.58. The largest absolute Gasteiger partial charge is 0.394 e. The quantitative estimate of drug-likeness (QED) is 0.768. The zero-order chi connectivity index (χ0) is 12.3. The summed E-state index contributed by atoms with van der Waals surface area (Å²) >= 11 is 5.05. The topological polar surface area (TPSA) is 58.7 Å². The predicted molar refractivity (Wildman–Crippen MR) is 71.4 cm³/mol. The van der Waals surface area contributed by atoms with Gasteiger partial charge < -0.3 is 20.5 Å². The van der Waals surface area contributed by atoms with Gasteiger partial charge in [-0.05, 0) is 12.1 Å². The van der Waals surface area contributed by atoms with Gasteiger partial charge in [-0.3, -0.25) is 0 Å². The van der Waals surface area contributed by atoms with Crippen molar-refractivity contribution in [2.45, 2.75) is 6.10 Å². The molecule has 0 aliphatic carbocycles. The second kappa shape index (κ2) is 5.44. The van der Waals surface area contributed by atoms with E-state index in [1.807, 2.05) is 24.3 Å². The monoisotopic (exact) mass is 252 g/mol. The fraction of sp³-hybridized carbons (Fsp3) is 0.417. The molecular weight excluding hydrogens is 236 g/mol. The molecule has 1 aliphatic heterocycles. The number of hydrogen-bond acceptors (Lipinski definition) is 4. The molecule has 0 bridgehead atoms. The van der Waals surface area contributed by atoms with Crippen LogP contribution in [0.25, 0.3) is 0 Å². The molecule has 5 heteroatoms. The Morgan fingerprint density at radius 2 is 2.29 bits per heavy atom. The lowest BCUT2D eigenvalue weighted by Crippen LogP contribution is -2.44. The number of para-hydroxylation sites is 1. The number of aliphatic hydroxyl groups is 1. The maximum atomic E-state index is 9.13. The molecule has 1 atom stereocenters.